The Labute approximate surface area is 212 Å². The van der Waals surface area contributed by atoms with Crippen molar-refractivity contribution in [1.82, 2.24) is 9.78 Å². The highest BCUT2D eigenvalue weighted by molar-refractivity contribution is 7.80. The third-order valence-corrected chi connectivity index (χ3v) is 9.22. The predicted molar refractivity (Wildman–Crippen MR) is 145 cm³/mol. The minimum absolute atomic E-state index is 0.0208. The van der Waals surface area contributed by atoms with Crippen molar-refractivity contribution in [3.63, 3.8) is 0 Å². The van der Waals surface area contributed by atoms with Gasteiger partial charge < -0.3 is 18.9 Å². The van der Waals surface area contributed by atoms with Crippen LogP contribution in [0.1, 0.15) is 17.9 Å². The lowest BCUT2D eigenvalue weighted by Crippen LogP contribution is -2.23. The average molecular weight is 549 g/mol. The lowest BCUT2D eigenvalue weighted by molar-refractivity contribution is 0.0213. The summed E-state index contributed by atoms with van der Waals surface area (Å²) in [4.78, 5) is 2.84. The third-order valence-electron chi connectivity index (χ3n) is 5.34. The molecule has 0 saturated carbocycles. The molecule has 0 bridgehead atoms. The van der Waals surface area contributed by atoms with Crippen LogP contribution in [-0.4, -0.2) is 56.1 Å². The Morgan fingerprint density at radius 3 is 2.67 bits per heavy atom. The van der Waals surface area contributed by atoms with Crippen LogP contribution in [0.5, 0.6) is 5.75 Å². The minimum Gasteiger partial charge on any atom is -0.467 e. The molecule has 1 aliphatic rings. The van der Waals surface area contributed by atoms with E-state index < -0.39 is 15.2 Å². The van der Waals surface area contributed by atoms with Gasteiger partial charge in [0.25, 0.3) is 0 Å². The molecule has 0 amide bonds. The molecule has 0 spiro atoms. The van der Waals surface area contributed by atoms with Gasteiger partial charge in [0.15, 0.2) is 6.79 Å². The maximum atomic E-state index is 12.1. The number of benzene rings is 1. The summed E-state index contributed by atoms with van der Waals surface area (Å²) in [5, 5.41) is 5.33. The van der Waals surface area contributed by atoms with Gasteiger partial charge in [0.1, 0.15) is 12.9 Å². The largest absolute Gasteiger partial charge is 0.467 e. The van der Waals surface area contributed by atoms with Crippen LogP contribution in [0.25, 0.3) is 0 Å². The number of hydrogen-bond donors (Lipinski definition) is 0. The van der Waals surface area contributed by atoms with Crippen molar-refractivity contribution in [1.29, 1.82) is 0 Å². The first kappa shape index (κ1) is 26.7. The fourth-order valence-corrected chi connectivity index (χ4v) is 6.13. The molecule has 1 fully saturated rings. The monoisotopic (exact) mass is 547 g/mol. The smallest absolute Gasteiger partial charge is 0.189 e. The maximum Gasteiger partial charge on any atom is 0.189 e. The number of aromatic nitrogens is 2. The molecule has 182 valence electrons. The summed E-state index contributed by atoms with van der Waals surface area (Å²) in [5.41, 5.74) is 1.73. The molecule has 3 rings (SSSR count). The Kier molecular flexibility index (Phi) is 8.74. The summed E-state index contributed by atoms with van der Waals surface area (Å²) >= 11 is 18.7. The average Bonchev–Trinajstić information content (AvgIpc) is 3.28. The van der Waals surface area contributed by atoms with E-state index in [4.69, 9.17) is 44.9 Å². The van der Waals surface area contributed by atoms with Crippen molar-refractivity contribution in [3.8, 4) is 5.75 Å². The molecule has 0 N–H and O–H groups in total. The molecule has 1 aromatic carbocycles. The van der Waals surface area contributed by atoms with Crippen LogP contribution < -0.4 is 9.64 Å². The highest BCUT2D eigenvalue weighted by atomic mass is 35.5. The third kappa shape index (κ3) is 7.54. The molecule has 1 atom stereocenters. The van der Waals surface area contributed by atoms with E-state index in [2.05, 4.69) is 24.7 Å². The van der Waals surface area contributed by atoms with Gasteiger partial charge in [0.2, 0.25) is 0 Å². The highest BCUT2D eigenvalue weighted by Crippen LogP contribution is 2.44. The minimum atomic E-state index is -2.23. The van der Waals surface area contributed by atoms with Crippen molar-refractivity contribution in [2.45, 2.75) is 44.3 Å². The van der Waals surface area contributed by atoms with E-state index in [0.717, 1.165) is 22.3 Å². The number of hydrogen-bond acceptors (Lipinski definition) is 5. The van der Waals surface area contributed by atoms with Gasteiger partial charge in [-0.1, -0.05) is 55.1 Å². The Morgan fingerprint density at radius 2 is 2.00 bits per heavy atom. The summed E-state index contributed by atoms with van der Waals surface area (Å²) < 4.78 is 25.6. The van der Waals surface area contributed by atoms with E-state index in [0.29, 0.717) is 41.7 Å². The van der Waals surface area contributed by atoms with E-state index in [1.807, 2.05) is 17.2 Å². The van der Waals surface area contributed by atoms with Crippen molar-refractivity contribution >= 4 is 61.3 Å². The normalized spacial score (nSPS) is 17.1. The molecule has 0 radical (unpaired) electrons. The summed E-state index contributed by atoms with van der Waals surface area (Å²) in [6.07, 6.45) is 4.69. The fraction of sp³-hybridized carbons (Fsp3) is 0.545. The number of thiocarbonyl (C=S) groups is 1. The lowest BCUT2D eigenvalue weighted by Gasteiger charge is -2.20. The quantitative estimate of drug-likeness (QED) is 0.107. The van der Waals surface area contributed by atoms with Gasteiger partial charge in [-0.05, 0) is 31.5 Å². The van der Waals surface area contributed by atoms with Crippen LogP contribution in [0.4, 0.5) is 5.69 Å². The van der Waals surface area contributed by atoms with Crippen molar-refractivity contribution in [2.75, 3.05) is 38.2 Å². The standard InChI is InChI=1S/C22H32Cl2N3O3PSSi/c1-31(2,28)14-26-13-17(11-25-26)27-12-16(10-20(27)32)21-19(7-6-18(23)22(21)24)30-15-29-8-9-33(3,4)5/h6-7,11,13,16H,8-10,12,14-15H2,1-5H3. The first-order valence-electron chi connectivity index (χ1n) is 10.9. The van der Waals surface area contributed by atoms with Gasteiger partial charge in [-0.3, -0.25) is 4.68 Å². The Bertz CT molecular complexity index is 1050. The van der Waals surface area contributed by atoms with Crippen LogP contribution in [0, 0.1) is 0 Å². The second kappa shape index (κ2) is 10.8. The van der Waals surface area contributed by atoms with Gasteiger partial charge in [-0.15, -0.1) is 0 Å². The molecular formula is C22H32Cl2N3O3PSSi. The second-order valence-corrected chi connectivity index (χ2v) is 20.4. The highest BCUT2D eigenvalue weighted by Gasteiger charge is 2.33. The molecule has 1 aliphatic heterocycles. The summed E-state index contributed by atoms with van der Waals surface area (Å²) in [6.45, 7) is 11.9. The molecule has 6 nitrogen and oxygen atoms in total. The van der Waals surface area contributed by atoms with E-state index in [9.17, 15) is 4.57 Å². The molecule has 2 heterocycles. The van der Waals surface area contributed by atoms with E-state index in [1.165, 1.54) is 0 Å². The molecule has 1 unspecified atom stereocenters. The summed E-state index contributed by atoms with van der Waals surface area (Å²) in [6, 6.07) is 4.67. The first-order valence-corrected chi connectivity index (χ1v) is 18.5. The maximum absolute atomic E-state index is 12.1. The van der Waals surface area contributed by atoms with Crippen LogP contribution in [0.2, 0.25) is 35.7 Å². The van der Waals surface area contributed by atoms with Gasteiger partial charge in [-0.25, -0.2) is 0 Å². The second-order valence-electron chi connectivity index (χ2n) is 10.1. The van der Waals surface area contributed by atoms with Gasteiger partial charge >= 0.3 is 0 Å². The zero-order valence-corrected chi connectivity index (χ0v) is 24.0. The molecule has 2 aromatic rings. The Hall–Kier alpha value is -0.893. The van der Waals surface area contributed by atoms with E-state index in [-0.39, 0.29) is 12.7 Å². The van der Waals surface area contributed by atoms with Crippen LogP contribution in [-0.2, 0) is 15.6 Å². The number of halogens is 2. The summed E-state index contributed by atoms with van der Waals surface area (Å²) in [7, 11) is -3.39. The van der Waals surface area contributed by atoms with Gasteiger partial charge in [-0.2, -0.15) is 5.10 Å². The van der Waals surface area contributed by atoms with E-state index >= 15 is 0 Å². The van der Waals surface area contributed by atoms with Gasteiger partial charge in [0.05, 0.1) is 33.2 Å². The molecule has 1 saturated heterocycles. The summed E-state index contributed by atoms with van der Waals surface area (Å²) in [5.74, 6) is 0.688. The number of ether oxygens (including phenoxy) is 2. The number of anilines is 1. The predicted octanol–water partition coefficient (Wildman–Crippen LogP) is 6.78. The molecule has 11 heteroatoms. The lowest BCUT2D eigenvalue weighted by atomic mass is 9.97. The van der Waals surface area contributed by atoms with Crippen LogP contribution in [0.15, 0.2) is 24.5 Å². The van der Waals surface area contributed by atoms with Gasteiger partial charge in [0, 0.05) is 45.3 Å². The van der Waals surface area contributed by atoms with Crippen LogP contribution >= 0.6 is 42.6 Å². The SMILES string of the molecule is C[Si](C)(C)CCOCOc1ccc(Cl)c(Cl)c1C1CC(=S)N(c2cnn(CP(C)(C)=O)c2)C1. The molecular weight excluding hydrogens is 516 g/mol. The van der Waals surface area contributed by atoms with E-state index in [1.54, 1.807) is 30.3 Å². The van der Waals surface area contributed by atoms with Crippen LogP contribution in [0.3, 0.4) is 0 Å². The zero-order chi connectivity index (χ0) is 24.4. The zero-order valence-electron chi connectivity index (χ0n) is 19.8. The molecule has 1 aromatic heterocycles. The number of nitrogens with zero attached hydrogens (tertiary/aromatic N) is 3. The Morgan fingerprint density at radius 1 is 1.27 bits per heavy atom. The Balaban J connectivity index is 1.73. The van der Waals surface area contributed by atoms with Crippen molar-refractivity contribution < 1.29 is 14.0 Å². The molecule has 33 heavy (non-hydrogen) atoms. The fourth-order valence-electron chi connectivity index (χ4n) is 3.67. The first-order chi connectivity index (χ1) is 15.3. The van der Waals surface area contributed by atoms with Crippen molar-refractivity contribution in [2.24, 2.45) is 0 Å². The topological polar surface area (TPSA) is 56.6 Å². The van der Waals surface area contributed by atoms with Crippen molar-refractivity contribution in [3.05, 3.63) is 40.1 Å². The molecule has 0 aliphatic carbocycles. The number of rotatable bonds is 10.